The maximum atomic E-state index is 9.72. The standard InChI is InChI=1S/C6H8O3/c1-6(2,3-4-7)9-5-8/h3,5H,1-2H3/i4+2. The van der Waals surface area contributed by atoms with Crippen molar-refractivity contribution in [2.45, 2.75) is 19.4 Å². The van der Waals surface area contributed by atoms with Gasteiger partial charge >= 0.3 is 0 Å². The first-order valence-corrected chi connectivity index (χ1v) is 2.46. The lowest BCUT2D eigenvalue weighted by Gasteiger charge is -2.14. The van der Waals surface area contributed by atoms with Gasteiger partial charge in [0.15, 0.2) is 0 Å². The molecule has 0 atom stereocenters. The summed E-state index contributed by atoms with van der Waals surface area (Å²) >= 11 is 0. The van der Waals surface area contributed by atoms with E-state index in [2.05, 4.69) is 4.74 Å². The van der Waals surface area contributed by atoms with Crippen LogP contribution in [0.2, 0.25) is 0 Å². The molecule has 0 heterocycles. The quantitative estimate of drug-likeness (QED) is 0.408. The van der Waals surface area contributed by atoms with E-state index < -0.39 is 5.60 Å². The highest BCUT2D eigenvalue weighted by atomic mass is 16.5. The number of rotatable bonds is 3. The molecular formula is C6H8O3. The molecule has 9 heavy (non-hydrogen) atoms. The zero-order valence-electron chi connectivity index (χ0n) is 5.38. The lowest BCUT2D eigenvalue weighted by molar-refractivity contribution is -0.136. The Morgan fingerprint density at radius 2 is 2.11 bits per heavy atom. The summed E-state index contributed by atoms with van der Waals surface area (Å²) in [6.07, 6.45) is 1.14. The highest BCUT2D eigenvalue weighted by molar-refractivity contribution is 5.49. The van der Waals surface area contributed by atoms with Crippen molar-refractivity contribution < 1.29 is 14.3 Å². The summed E-state index contributed by atoms with van der Waals surface area (Å²) < 4.78 is 4.47. The van der Waals surface area contributed by atoms with E-state index in [0.29, 0.717) is 6.47 Å². The number of ether oxygens (including phenoxy) is 1. The van der Waals surface area contributed by atoms with Crippen LogP contribution in [0.1, 0.15) is 13.8 Å². The van der Waals surface area contributed by atoms with Gasteiger partial charge in [-0.1, -0.05) is 0 Å². The van der Waals surface area contributed by atoms with Crippen LogP contribution in [-0.2, 0) is 14.3 Å². The van der Waals surface area contributed by atoms with Gasteiger partial charge in [-0.25, -0.2) is 4.79 Å². The monoisotopic (exact) mass is 130 g/mol. The normalized spacial score (nSPS) is 9.56. The summed E-state index contributed by atoms with van der Waals surface area (Å²) in [5, 5.41) is 0. The maximum Gasteiger partial charge on any atom is 0.293 e. The lowest BCUT2D eigenvalue weighted by Crippen LogP contribution is -2.20. The van der Waals surface area contributed by atoms with E-state index in [1.165, 1.54) is 5.94 Å². The predicted octanol–water partition coefficient (Wildman–Crippen LogP) is 0.326. The molecule has 0 aromatic rings. The Morgan fingerprint density at radius 1 is 1.56 bits per heavy atom. The maximum absolute atomic E-state index is 9.72. The van der Waals surface area contributed by atoms with Crippen LogP contribution in [-0.4, -0.2) is 18.0 Å². The molecule has 0 aromatic carbocycles. The molecule has 0 rings (SSSR count). The highest BCUT2D eigenvalue weighted by Crippen LogP contribution is 2.06. The Bertz CT molecular complexity index is 142. The lowest BCUT2D eigenvalue weighted by atomic mass is 10.2. The second-order valence-corrected chi connectivity index (χ2v) is 2.08. The molecule has 0 saturated carbocycles. The number of carbonyl (C=O) groups excluding carboxylic acids is 2. The van der Waals surface area contributed by atoms with Crippen molar-refractivity contribution >= 4 is 12.4 Å². The molecule has 0 aliphatic rings. The minimum atomic E-state index is -0.816. The average Bonchev–Trinajstić information content (AvgIpc) is 1.64. The van der Waals surface area contributed by atoms with Gasteiger partial charge in [-0.05, 0) is 13.8 Å². The minimum Gasteiger partial charge on any atom is -0.457 e. The van der Waals surface area contributed by atoms with Gasteiger partial charge in [-0.2, -0.15) is 0 Å². The van der Waals surface area contributed by atoms with E-state index in [0.717, 1.165) is 6.08 Å². The van der Waals surface area contributed by atoms with Gasteiger partial charge in [-0.15, -0.1) is 0 Å². The molecule has 0 aromatic heterocycles. The van der Waals surface area contributed by atoms with Crippen molar-refractivity contribution in [2.24, 2.45) is 0 Å². The van der Waals surface area contributed by atoms with Crippen LogP contribution in [0.15, 0.2) is 6.08 Å². The Hall–Kier alpha value is -1.08. The van der Waals surface area contributed by atoms with Gasteiger partial charge in [0, 0.05) is 6.08 Å². The summed E-state index contributed by atoms with van der Waals surface area (Å²) in [5.74, 6) is 1.53. The van der Waals surface area contributed by atoms with Crippen LogP contribution in [0, 0.1) is 0 Å². The first-order valence-electron chi connectivity index (χ1n) is 2.46. The second kappa shape index (κ2) is 3.05. The number of carbonyl (C=O) groups is 1. The molecule has 0 aliphatic carbocycles. The predicted molar refractivity (Wildman–Crippen MR) is 31.5 cm³/mol. The zero-order chi connectivity index (χ0) is 7.33. The van der Waals surface area contributed by atoms with Crippen LogP contribution in [0.5, 0.6) is 0 Å². The largest absolute Gasteiger partial charge is 0.457 e. The molecular weight excluding hydrogens is 122 g/mol. The molecule has 50 valence electrons. The van der Waals surface area contributed by atoms with Crippen LogP contribution < -0.4 is 0 Å². The molecule has 0 aliphatic heterocycles. The highest BCUT2D eigenvalue weighted by Gasteiger charge is 2.13. The van der Waals surface area contributed by atoms with Crippen molar-refractivity contribution in [3.8, 4) is 0 Å². The summed E-state index contributed by atoms with van der Waals surface area (Å²) in [5.41, 5.74) is -0.816. The van der Waals surface area contributed by atoms with Crippen molar-refractivity contribution in [1.82, 2.24) is 0 Å². The zero-order valence-corrected chi connectivity index (χ0v) is 5.38. The molecule has 3 heteroatoms. The van der Waals surface area contributed by atoms with E-state index in [4.69, 9.17) is 0 Å². The van der Waals surface area contributed by atoms with E-state index in [1.54, 1.807) is 13.8 Å². The van der Waals surface area contributed by atoms with Crippen molar-refractivity contribution in [1.29, 1.82) is 0 Å². The smallest absolute Gasteiger partial charge is 0.293 e. The van der Waals surface area contributed by atoms with E-state index >= 15 is 0 Å². The first kappa shape index (κ1) is 7.92. The average molecular weight is 130 g/mol. The number of hydrogen-bond acceptors (Lipinski definition) is 3. The minimum absolute atomic E-state index is 0.299. The molecule has 0 fully saturated rings. The fourth-order valence-corrected chi connectivity index (χ4v) is 0.300. The number of hydrogen-bond donors (Lipinski definition) is 0. The van der Waals surface area contributed by atoms with Gasteiger partial charge in [0.05, 0.1) is 0 Å². The fraction of sp³-hybridized carbons (Fsp3) is 0.500. The topological polar surface area (TPSA) is 43.4 Å². The SMILES string of the molecule is CC(C)(C=[14C]=O)OC=O. The molecule has 3 nitrogen and oxygen atoms in total. The molecule has 0 saturated heterocycles. The summed E-state index contributed by atoms with van der Waals surface area (Å²) in [4.78, 5) is 19.4. The van der Waals surface area contributed by atoms with Gasteiger partial charge in [0.1, 0.15) is 11.5 Å². The molecule has 0 N–H and O–H groups in total. The van der Waals surface area contributed by atoms with E-state index in [-0.39, 0.29) is 0 Å². The van der Waals surface area contributed by atoms with Gasteiger partial charge in [0.2, 0.25) is 0 Å². The Morgan fingerprint density at radius 3 is 2.44 bits per heavy atom. The van der Waals surface area contributed by atoms with Crippen LogP contribution in [0.3, 0.4) is 0 Å². The molecule has 0 bridgehead atoms. The van der Waals surface area contributed by atoms with Crippen molar-refractivity contribution in [3.05, 3.63) is 6.08 Å². The Balaban J connectivity index is 3.99. The summed E-state index contributed by atoms with van der Waals surface area (Å²) in [6, 6.07) is 0. The Labute approximate surface area is 53.3 Å². The van der Waals surface area contributed by atoms with Crippen LogP contribution in [0.25, 0.3) is 0 Å². The third-order valence-corrected chi connectivity index (χ3v) is 0.758. The van der Waals surface area contributed by atoms with E-state index in [9.17, 15) is 9.59 Å². The van der Waals surface area contributed by atoms with Gasteiger partial charge in [0.25, 0.3) is 6.47 Å². The fourth-order valence-electron chi connectivity index (χ4n) is 0.300. The molecule has 0 spiro atoms. The third kappa shape index (κ3) is 3.50. The third-order valence-electron chi connectivity index (χ3n) is 0.758. The van der Waals surface area contributed by atoms with Crippen LogP contribution >= 0.6 is 0 Å². The molecule has 0 radical (unpaired) electrons. The summed E-state index contributed by atoms with van der Waals surface area (Å²) in [6.45, 7) is 3.48. The molecule has 0 amide bonds. The van der Waals surface area contributed by atoms with Crippen molar-refractivity contribution in [3.63, 3.8) is 0 Å². The Kier molecular flexibility index (Phi) is 2.68. The van der Waals surface area contributed by atoms with Gasteiger partial charge < -0.3 is 4.74 Å². The van der Waals surface area contributed by atoms with Crippen molar-refractivity contribution in [2.75, 3.05) is 0 Å². The van der Waals surface area contributed by atoms with E-state index in [1.807, 2.05) is 0 Å². The summed E-state index contributed by atoms with van der Waals surface area (Å²) in [7, 11) is 0. The molecule has 0 unspecified atom stereocenters. The van der Waals surface area contributed by atoms with Gasteiger partial charge in [-0.3, -0.25) is 4.79 Å². The first-order chi connectivity index (χ1) is 4.12. The van der Waals surface area contributed by atoms with Crippen LogP contribution in [0.4, 0.5) is 0 Å². The second-order valence-electron chi connectivity index (χ2n) is 2.08.